The summed E-state index contributed by atoms with van der Waals surface area (Å²) in [7, 11) is 0. The van der Waals surface area contributed by atoms with E-state index in [1.807, 2.05) is 13.8 Å². The second-order valence-corrected chi connectivity index (χ2v) is 10.7. The van der Waals surface area contributed by atoms with Gasteiger partial charge in [0.25, 0.3) is 0 Å². The lowest BCUT2D eigenvalue weighted by molar-refractivity contribution is -0.337. The number of esters is 1. The van der Waals surface area contributed by atoms with Crippen LogP contribution in [0.5, 0.6) is 0 Å². The summed E-state index contributed by atoms with van der Waals surface area (Å²) in [6, 6.07) is 8.59. The molecular weight excluding hydrogens is 460 g/mol. The van der Waals surface area contributed by atoms with Gasteiger partial charge < -0.3 is 44.5 Å². The third kappa shape index (κ3) is 3.50. The van der Waals surface area contributed by atoms with Gasteiger partial charge in [-0.3, -0.25) is 0 Å². The number of aliphatic hydroxyl groups excluding tert-OH is 4. The van der Waals surface area contributed by atoms with E-state index >= 15 is 0 Å². The summed E-state index contributed by atoms with van der Waals surface area (Å²) >= 11 is 0. The van der Waals surface area contributed by atoms with Gasteiger partial charge in [0.15, 0.2) is 12.1 Å². The van der Waals surface area contributed by atoms with Crippen LogP contribution in [0.1, 0.15) is 49.9 Å². The van der Waals surface area contributed by atoms with Crippen LogP contribution in [0, 0.1) is 10.8 Å². The van der Waals surface area contributed by atoms with Gasteiger partial charge in [0.05, 0.1) is 29.3 Å². The molecule has 0 aromatic heterocycles. The maximum Gasteiger partial charge on any atom is 0.338 e. The first-order valence-corrected chi connectivity index (χ1v) is 12.1. The van der Waals surface area contributed by atoms with E-state index in [0.717, 1.165) is 0 Å². The van der Waals surface area contributed by atoms with Crippen LogP contribution in [-0.2, 0) is 18.9 Å². The van der Waals surface area contributed by atoms with Gasteiger partial charge >= 0.3 is 5.97 Å². The van der Waals surface area contributed by atoms with Crippen LogP contribution in [0.3, 0.4) is 0 Å². The van der Waals surface area contributed by atoms with E-state index in [-0.39, 0.29) is 25.9 Å². The van der Waals surface area contributed by atoms with E-state index in [4.69, 9.17) is 18.9 Å². The predicted octanol–water partition coefficient (Wildman–Crippen LogP) is 0.0863. The highest BCUT2D eigenvalue weighted by atomic mass is 16.8. The zero-order valence-corrected chi connectivity index (χ0v) is 19.9. The maximum absolute atomic E-state index is 12.8. The van der Waals surface area contributed by atoms with E-state index in [0.29, 0.717) is 12.0 Å². The summed E-state index contributed by atoms with van der Waals surface area (Å²) in [5, 5.41) is 52.2. The standard InChI is InChI=1S/C25H34O10/c1-3-24(9-15-17(27)19(29)18(28)16(10-26)33-15)22(2)11-25(31)12-23(24,21(34-22)35-25)13-32-20(30)14-7-5-4-6-8-14/h4-8,15-19,21,26-29,31H,3,9-13H2,1-2H3/t15?,16?,17?,18?,19?,21-,22-,23+,24+,25+/m0/s1. The molecule has 4 saturated heterocycles. The van der Waals surface area contributed by atoms with Crippen molar-refractivity contribution in [3.63, 3.8) is 0 Å². The van der Waals surface area contributed by atoms with Gasteiger partial charge in [-0.15, -0.1) is 0 Å². The minimum atomic E-state index is -1.50. The fourth-order valence-corrected chi connectivity index (χ4v) is 7.27. The molecule has 4 bridgehead atoms. The van der Waals surface area contributed by atoms with Crippen molar-refractivity contribution in [1.82, 2.24) is 0 Å². The van der Waals surface area contributed by atoms with Crippen molar-refractivity contribution in [2.45, 2.75) is 87.7 Å². The van der Waals surface area contributed by atoms with Gasteiger partial charge in [-0.1, -0.05) is 25.1 Å². The molecular formula is C25H34O10. The Balaban J connectivity index is 1.49. The van der Waals surface area contributed by atoms with Crippen LogP contribution in [0.2, 0.25) is 0 Å². The lowest BCUT2D eigenvalue weighted by Gasteiger charge is -2.57. The van der Waals surface area contributed by atoms with Crippen molar-refractivity contribution >= 4 is 5.97 Å². The summed E-state index contributed by atoms with van der Waals surface area (Å²) in [6.45, 7) is 3.21. The zero-order chi connectivity index (χ0) is 25.2. The van der Waals surface area contributed by atoms with Crippen LogP contribution in [0.25, 0.3) is 0 Å². The first-order chi connectivity index (χ1) is 16.5. The van der Waals surface area contributed by atoms with E-state index in [9.17, 15) is 30.3 Å². The van der Waals surface area contributed by atoms with Crippen LogP contribution in [-0.4, -0.2) is 92.9 Å². The average Bonchev–Trinajstić information content (AvgIpc) is 3.14. The smallest absolute Gasteiger partial charge is 0.338 e. The Labute approximate surface area is 203 Å². The molecule has 5 N–H and O–H groups in total. The fourth-order valence-electron chi connectivity index (χ4n) is 7.27. The fraction of sp³-hybridized carbons (Fsp3) is 0.720. The minimum Gasteiger partial charge on any atom is -0.461 e. The second kappa shape index (κ2) is 8.46. The molecule has 1 aromatic carbocycles. The number of hydrogen-bond donors (Lipinski definition) is 5. The third-order valence-corrected chi connectivity index (χ3v) is 8.93. The lowest BCUT2D eigenvalue weighted by Crippen LogP contribution is -2.65. The van der Waals surface area contributed by atoms with Gasteiger partial charge in [-0.25, -0.2) is 4.79 Å². The summed E-state index contributed by atoms with van der Waals surface area (Å²) in [5.74, 6) is -1.95. The molecule has 194 valence electrons. The van der Waals surface area contributed by atoms with Crippen molar-refractivity contribution < 1.29 is 49.3 Å². The highest BCUT2D eigenvalue weighted by molar-refractivity contribution is 5.89. The molecule has 0 spiro atoms. The van der Waals surface area contributed by atoms with Crippen molar-refractivity contribution in [3.05, 3.63) is 35.9 Å². The Morgan fingerprint density at radius 2 is 1.74 bits per heavy atom. The molecule has 0 radical (unpaired) electrons. The molecule has 35 heavy (non-hydrogen) atoms. The predicted molar refractivity (Wildman–Crippen MR) is 119 cm³/mol. The Morgan fingerprint density at radius 1 is 1.06 bits per heavy atom. The Morgan fingerprint density at radius 3 is 2.40 bits per heavy atom. The van der Waals surface area contributed by atoms with E-state index in [2.05, 4.69) is 0 Å². The van der Waals surface area contributed by atoms with E-state index in [1.165, 1.54) is 0 Å². The molecule has 5 aliphatic rings. The molecule has 4 heterocycles. The number of rotatable bonds is 7. The lowest BCUT2D eigenvalue weighted by atomic mass is 9.48. The van der Waals surface area contributed by atoms with Crippen molar-refractivity contribution in [3.8, 4) is 0 Å². The Hall–Kier alpha value is -1.63. The number of ether oxygens (including phenoxy) is 4. The monoisotopic (exact) mass is 494 g/mol. The largest absolute Gasteiger partial charge is 0.461 e. The quantitative estimate of drug-likeness (QED) is 0.329. The van der Waals surface area contributed by atoms with Gasteiger partial charge in [-0.2, -0.15) is 0 Å². The summed E-state index contributed by atoms with van der Waals surface area (Å²) < 4.78 is 23.9. The summed E-state index contributed by atoms with van der Waals surface area (Å²) in [4.78, 5) is 12.8. The molecule has 0 amide bonds. The van der Waals surface area contributed by atoms with Gasteiger partial charge in [0, 0.05) is 18.3 Å². The van der Waals surface area contributed by atoms with Crippen molar-refractivity contribution in [2.24, 2.45) is 10.8 Å². The van der Waals surface area contributed by atoms with Crippen LogP contribution in [0.4, 0.5) is 0 Å². The molecule has 6 rings (SSSR count). The molecule has 1 aliphatic carbocycles. The Bertz CT molecular complexity index is 957. The molecule has 1 aromatic rings. The number of carbonyl (C=O) groups is 1. The highest BCUT2D eigenvalue weighted by Crippen LogP contribution is 2.75. The Kier molecular flexibility index (Phi) is 6.05. The molecule has 10 atom stereocenters. The van der Waals surface area contributed by atoms with Crippen molar-refractivity contribution in [2.75, 3.05) is 13.2 Å². The minimum absolute atomic E-state index is 0.0887. The van der Waals surface area contributed by atoms with Crippen LogP contribution in [0.15, 0.2) is 30.3 Å². The molecule has 4 aliphatic heterocycles. The molecule has 5 unspecified atom stereocenters. The first-order valence-electron chi connectivity index (χ1n) is 12.1. The number of aliphatic hydroxyl groups is 5. The normalized spacial score (nSPS) is 48.3. The second-order valence-electron chi connectivity index (χ2n) is 10.7. The molecule has 5 fully saturated rings. The maximum atomic E-state index is 12.8. The molecule has 10 nitrogen and oxygen atoms in total. The SMILES string of the molecule is CC[C@]1(CC2OC(CO)C(O)C(O)C2O)[C@@]2(COC(=O)c3ccccc3)C[C@@]3(O)C[C@]1(C)O[C@H]2O3. The van der Waals surface area contributed by atoms with E-state index in [1.54, 1.807) is 30.3 Å². The summed E-state index contributed by atoms with van der Waals surface area (Å²) in [5.41, 5.74) is -2.26. The molecule has 10 heteroatoms. The van der Waals surface area contributed by atoms with Crippen molar-refractivity contribution in [1.29, 1.82) is 0 Å². The van der Waals surface area contributed by atoms with Gasteiger partial charge in [-0.05, 0) is 31.9 Å². The van der Waals surface area contributed by atoms with Crippen LogP contribution >= 0.6 is 0 Å². The van der Waals surface area contributed by atoms with E-state index < -0.39 is 71.6 Å². The number of hydrogen-bond acceptors (Lipinski definition) is 10. The van der Waals surface area contributed by atoms with Crippen LogP contribution < -0.4 is 0 Å². The van der Waals surface area contributed by atoms with Gasteiger partial charge in [0.1, 0.15) is 31.0 Å². The zero-order valence-electron chi connectivity index (χ0n) is 19.9. The third-order valence-electron chi connectivity index (χ3n) is 8.93. The van der Waals surface area contributed by atoms with Gasteiger partial charge in [0.2, 0.25) is 0 Å². The number of benzene rings is 1. The number of carbonyl (C=O) groups excluding carboxylic acids is 1. The summed E-state index contributed by atoms with van der Waals surface area (Å²) in [6.07, 6.45) is -6.19. The average molecular weight is 495 g/mol. The topological polar surface area (TPSA) is 155 Å². The highest BCUT2D eigenvalue weighted by Gasteiger charge is 2.82. The first kappa shape index (κ1) is 25.0. The molecule has 1 saturated carbocycles.